The van der Waals surface area contributed by atoms with Crippen LogP contribution in [0.15, 0.2) is 41.6 Å². The highest BCUT2D eigenvalue weighted by Crippen LogP contribution is 2.30. The molecule has 33 heavy (non-hydrogen) atoms. The van der Waals surface area contributed by atoms with Crippen LogP contribution >= 0.6 is 0 Å². The number of fused-ring (bicyclic) bond motifs is 1. The molecule has 176 valence electrons. The van der Waals surface area contributed by atoms with Crippen LogP contribution < -0.4 is 15.8 Å². The molecule has 0 unspecified atom stereocenters. The number of anilines is 1. The van der Waals surface area contributed by atoms with Gasteiger partial charge in [0.25, 0.3) is 5.91 Å². The van der Waals surface area contributed by atoms with Crippen molar-refractivity contribution in [3.63, 3.8) is 0 Å². The average Bonchev–Trinajstić information content (AvgIpc) is 3.23. The summed E-state index contributed by atoms with van der Waals surface area (Å²) in [4.78, 5) is 17.7. The maximum atomic E-state index is 13.1. The van der Waals surface area contributed by atoms with Crippen LogP contribution in [0.1, 0.15) is 54.9 Å². The summed E-state index contributed by atoms with van der Waals surface area (Å²) in [6.07, 6.45) is 9.76. The van der Waals surface area contributed by atoms with E-state index in [1.54, 1.807) is 24.5 Å². The van der Waals surface area contributed by atoms with Gasteiger partial charge < -0.3 is 10.6 Å². The molecule has 0 atom stereocenters. The van der Waals surface area contributed by atoms with E-state index in [0.29, 0.717) is 31.1 Å². The molecule has 1 saturated carbocycles. The molecule has 0 aliphatic heterocycles. The highest BCUT2D eigenvalue weighted by atomic mass is 32.2. The zero-order valence-electron chi connectivity index (χ0n) is 18.8. The third kappa shape index (κ3) is 5.33. The molecule has 0 radical (unpaired) electrons. The largest absolute Gasteiger partial charge is 0.381 e. The van der Waals surface area contributed by atoms with E-state index in [2.05, 4.69) is 20.7 Å². The Balaban J connectivity index is 1.50. The van der Waals surface area contributed by atoms with Gasteiger partial charge in [-0.15, -0.1) is 0 Å². The number of amides is 1. The molecule has 1 amide bonds. The van der Waals surface area contributed by atoms with E-state index in [-0.39, 0.29) is 10.8 Å². The van der Waals surface area contributed by atoms with Crippen molar-refractivity contribution in [2.45, 2.75) is 62.9 Å². The van der Waals surface area contributed by atoms with Crippen molar-refractivity contribution < 1.29 is 13.2 Å². The summed E-state index contributed by atoms with van der Waals surface area (Å²) in [7, 11) is -3.72. The van der Waals surface area contributed by atoms with Crippen LogP contribution in [0.4, 0.5) is 5.69 Å². The molecule has 2 heterocycles. The van der Waals surface area contributed by atoms with E-state index < -0.39 is 10.0 Å². The Morgan fingerprint density at radius 1 is 1.15 bits per heavy atom. The van der Waals surface area contributed by atoms with Crippen LogP contribution in [0.2, 0.25) is 0 Å². The number of carbonyl (C=O) groups is 1. The van der Waals surface area contributed by atoms with Crippen molar-refractivity contribution in [1.29, 1.82) is 0 Å². The summed E-state index contributed by atoms with van der Waals surface area (Å²) in [6.45, 7) is 3.12. The van der Waals surface area contributed by atoms with Crippen molar-refractivity contribution in [2.75, 3.05) is 11.9 Å². The first-order chi connectivity index (χ1) is 15.9. The molecule has 4 rings (SSSR count). The quantitative estimate of drug-likeness (QED) is 0.464. The van der Waals surface area contributed by atoms with E-state index in [9.17, 15) is 13.2 Å². The number of nitrogens with two attached hydrogens (primary N) is 1. The number of sulfonamides is 1. The summed E-state index contributed by atoms with van der Waals surface area (Å²) in [6, 6.07) is 6.69. The number of nitrogens with one attached hydrogen (secondary N) is 2. The van der Waals surface area contributed by atoms with Crippen LogP contribution in [0.25, 0.3) is 11.0 Å². The summed E-state index contributed by atoms with van der Waals surface area (Å²) >= 11 is 0. The Kier molecular flexibility index (Phi) is 6.94. The first-order valence-corrected chi connectivity index (χ1v) is 12.9. The summed E-state index contributed by atoms with van der Waals surface area (Å²) in [5.74, 6) is -0.201. The van der Waals surface area contributed by atoms with Gasteiger partial charge in [-0.3, -0.25) is 4.79 Å². The lowest BCUT2D eigenvalue weighted by Gasteiger charge is -2.25. The number of hydrogen-bond acceptors (Lipinski definition) is 6. The molecule has 1 aliphatic carbocycles. The zero-order chi connectivity index (χ0) is 23.4. The van der Waals surface area contributed by atoms with Gasteiger partial charge in [0, 0.05) is 25.3 Å². The summed E-state index contributed by atoms with van der Waals surface area (Å²) < 4.78 is 24.6. The number of hydrogen-bond donors (Lipinski definition) is 3. The fraction of sp³-hybridized carbons (Fsp3) is 0.435. The van der Waals surface area contributed by atoms with Gasteiger partial charge >= 0.3 is 0 Å². The minimum Gasteiger partial charge on any atom is -0.381 e. The lowest BCUT2D eigenvalue weighted by molar-refractivity contribution is 0.0954. The Morgan fingerprint density at radius 2 is 1.88 bits per heavy atom. The van der Waals surface area contributed by atoms with Crippen molar-refractivity contribution in [3.05, 3.63) is 47.8 Å². The molecular weight excluding hydrogens is 440 g/mol. The van der Waals surface area contributed by atoms with Crippen LogP contribution in [-0.2, 0) is 23.0 Å². The van der Waals surface area contributed by atoms with Gasteiger partial charge in [0.1, 0.15) is 0 Å². The van der Waals surface area contributed by atoms with E-state index >= 15 is 0 Å². The average molecular weight is 471 g/mol. The normalized spacial score (nSPS) is 15.0. The highest BCUT2D eigenvalue weighted by Gasteiger charge is 2.21. The second kappa shape index (κ2) is 9.88. The number of benzene rings is 1. The number of nitrogens with zero attached hydrogens (tertiary/aromatic N) is 3. The van der Waals surface area contributed by atoms with Crippen LogP contribution in [0.5, 0.6) is 0 Å². The van der Waals surface area contributed by atoms with E-state index in [4.69, 9.17) is 5.14 Å². The van der Waals surface area contributed by atoms with Gasteiger partial charge in [-0.25, -0.2) is 23.2 Å². The molecule has 3 aromatic rings. The van der Waals surface area contributed by atoms with Crippen molar-refractivity contribution in [1.82, 2.24) is 20.1 Å². The molecule has 0 saturated heterocycles. The summed E-state index contributed by atoms with van der Waals surface area (Å²) in [5.41, 5.74) is 2.97. The Hall–Kier alpha value is -2.98. The van der Waals surface area contributed by atoms with Crippen molar-refractivity contribution in [2.24, 2.45) is 5.14 Å². The predicted octanol–water partition coefficient (Wildman–Crippen LogP) is 2.82. The summed E-state index contributed by atoms with van der Waals surface area (Å²) in [5, 5.41) is 17.0. The maximum Gasteiger partial charge on any atom is 0.254 e. The van der Waals surface area contributed by atoms with Gasteiger partial charge in [0.2, 0.25) is 10.0 Å². The lowest BCUT2D eigenvalue weighted by atomic mass is 9.95. The fourth-order valence-corrected chi connectivity index (χ4v) is 4.81. The van der Waals surface area contributed by atoms with E-state index in [0.717, 1.165) is 35.1 Å². The van der Waals surface area contributed by atoms with Crippen LogP contribution in [0.3, 0.4) is 0 Å². The number of pyridine rings is 1. The minimum absolute atomic E-state index is 0.0701. The fourth-order valence-electron chi connectivity index (χ4n) is 4.30. The van der Waals surface area contributed by atoms with Gasteiger partial charge in [0.05, 0.1) is 27.7 Å². The van der Waals surface area contributed by atoms with Gasteiger partial charge in [-0.1, -0.05) is 31.4 Å². The second-order valence-electron chi connectivity index (χ2n) is 8.42. The maximum absolute atomic E-state index is 13.1. The monoisotopic (exact) mass is 470 g/mol. The number of rotatable bonds is 8. The lowest BCUT2D eigenvalue weighted by Crippen LogP contribution is -2.29. The molecule has 1 aliphatic rings. The number of aryl methyl sites for hydroxylation is 1. The molecular formula is C23H30N6O3S. The molecule has 0 spiro atoms. The van der Waals surface area contributed by atoms with Crippen LogP contribution in [0, 0.1) is 0 Å². The highest BCUT2D eigenvalue weighted by molar-refractivity contribution is 7.89. The molecule has 1 fully saturated rings. The number of aromatic nitrogens is 3. The third-order valence-electron chi connectivity index (χ3n) is 6.12. The standard InChI is InChI=1S/C23H30N6O3S/c1-2-29-22-19(15-27-29)21(28-17-6-4-3-5-7-17)20(14-26-22)23(30)25-13-12-16-8-10-18(11-9-16)33(24,31)32/h8-11,14-15,17H,2-7,12-13H2,1H3,(H,25,30)(H,26,28)(H2,24,31,32). The topological polar surface area (TPSA) is 132 Å². The Bertz CT molecular complexity index is 1230. The van der Waals surface area contributed by atoms with Gasteiger partial charge in [-0.2, -0.15) is 5.10 Å². The van der Waals surface area contributed by atoms with E-state index in [1.807, 2.05) is 11.6 Å². The van der Waals surface area contributed by atoms with Crippen molar-refractivity contribution >= 4 is 32.7 Å². The van der Waals surface area contributed by atoms with E-state index in [1.165, 1.54) is 31.4 Å². The second-order valence-corrected chi connectivity index (χ2v) is 9.98. The van der Waals surface area contributed by atoms with Gasteiger partial charge in [-0.05, 0) is 43.9 Å². The smallest absolute Gasteiger partial charge is 0.254 e. The molecule has 10 heteroatoms. The molecule has 2 aromatic heterocycles. The number of carbonyl (C=O) groups excluding carboxylic acids is 1. The first-order valence-electron chi connectivity index (χ1n) is 11.4. The Labute approximate surface area is 193 Å². The predicted molar refractivity (Wildman–Crippen MR) is 128 cm³/mol. The van der Waals surface area contributed by atoms with Crippen LogP contribution in [-0.4, -0.2) is 41.7 Å². The number of primary sulfonamides is 1. The molecule has 1 aromatic carbocycles. The minimum atomic E-state index is -3.72. The van der Waals surface area contributed by atoms with Crippen molar-refractivity contribution in [3.8, 4) is 0 Å². The third-order valence-corrected chi connectivity index (χ3v) is 7.04. The van der Waals surface area contributed by atoms with Gasteiger partial charge in [0.15, 0.2) is 5.65 Å². The SMILES string of the molecule is CCn1ncc2c(NC3CCCCC3)c(C(=O)NCCc3ccc(S(N)(=O)=O)cc3)cnc21. The molecule has 9 nitrogen and oxygen atoms in total. The first kappa shape index (κ1) is 23.2. The zero-order valence-corrected chi connectivity index (χ0v) is 19.6. The molecule has 0 bridgehead atoms. The molecule has 4 N–H and O–H groups in total. The Morgan fingerprint density at radius 3 is 2.55 bits per heavy atom.